The molecule has 2 heteroatoms. The van der Waals surface area contributed by atoms with Gasteiger partial charge in [0.1, 0.15) is 5.78 Å². The minimum Gasteiger partial charge on any atom is -0.299 e. The van der Waals surface area contributed by atoms with Gasteiger partial charge in [-0.3, -0.25) is 9.69 Å². The monoisotopic (exact) mass is 247 g/mol. The van der Waals surface area contributed by atoms with E-state index in [2.05, 4.69) is 11.8 Å². The van der Waals surface area contributed by atoms with Crippen molar-refractivity contribution in [2.24, 2.45) is 5.92 Å². The van der Waals surface area contributed by atoms with Gasteiger partial charge in [-0.2, -0.15) is 0 Å². The molecule has 0 aromatic heterocycles. The Labute approximate surface area is 110 Å². The summed E-state index contributed by atoms with van der Waals surface area (Å²) in [6.45, 7) is 2.33. The van der Waals surface area contributed by atoms with Crippen LogP contribution in [0.2, 0.25) is 0 Å². The Bertz CT molecular complexity index is 389. The number of ketones is 1. The van der Waals surface area contributed by atoms with E-state index in [-0.39, 0.29) is 5.54 Å². The predicted octanol–water partition coefficient (Wildman–Crippen LogP) is 3.30. The summed E-state index contributed by atoms with van der Waals surface area (Å²) in [7, 11) is 0. The van der Waals surface area contributed by atoms with Crippen LogP contribution in [0, 0.1) is 5.92 Å². The number of carbonyl (C=O) groups is 1. The fraction of sp³-hybridized carbons (Fsp3) is 0.938. The van der Waals surface area contributed by atoms with Crippen LogP contribution in [-0.2, 0) is 4.79 Å². The fourth-order valence-electron chi connectivity index (χ4n) is 6.25. The average molecular weight is 247 g/mol. The zero-order chi connectivity index (χ0) is 12.4. The van der Waals surface area contributed by atoms with Crippen LogP contribution in [0.3, 0.4) is 0 Å². The van der Waals surface area contributed by atoms with Gasteiger partial charge in [0.2, 0.25) is 0 Å². The third-order valence-corrected chi connectivity index (χ3v) is 6.77. The fourth-order valence-corrected chi connectivity index (χ4v) is 6.25. The molecule has 0 aromatic carbocycles. The zero-order valence-electron chi connectivity index (χ0n) is 11.6. The summed E-state index contributed by atoms with van der Waals surface area (Å²) in [5, 5.41) is 0. The molecule has 0 N–H and O–H groups in total. The van der Waals surface area contributed by atoms with Crippen molar-refractivity contribution in [2.75, 3.05) is 0 Å². The maximum Gasteiger partial charge on any atom is 0.139 e. The van der Waals surface area contributed by atoms with Crippen molar-refractivity contribution in [3.8, 4) is 0 Å². The van der Waals surface area contributed by atoms with Gasteiger partial charge < -0.3 is 0 Å². The maximum absolute atomic E-state index is 12.5. The van der Waals surface area contributed by atoms with Crippen LogP contribution in [0.5, 0.6) is 0 Å². The summed E-state index contributed by atoms with van der Waals surface area (Å²) >= 11 is 0. The Morgan fingerprint density at radius 2 is 2.00 bits per heavy atom. The van der Waals surface area contributed by atoms with E-state index in [1.807, 2.05) is 0 Å². The molecule has 0 amide bonds. The highest BCUT2D eigenvalue weighted by Crippen LogP contribution is 2.60. The van der Waals surface area contributed by atoms with Crippen LogP contribution >= 0.6 is 0 Å². The Morgan fingerprint density at radius 3 is 2.83 bits per heavy atom. The largest absolute Gasteiger partial charge is 0.299 e. The van der Waals surface area contributed by atoms with E-state index in [1.165, 1.54) is 57.8 Å². The van der Waals surface area contributed by atoms with Gasteiger partial charge in [-0.1, -0.05) is 13.3 Å². The van der Waals surface area contributed by atoms with E-state index >= 15 is 0 Å². The van der Waals surface area contributed by atoms with Gasteiger partial charge >= 0.3 is 0 Å². The van der Waals surface area contributed by atoms with Crippen LogP contribution in [0.4, 0.5) is 0 Å². The lowest BCUT2D eigenvalue weighted by molar-refractivity contribution is -0.201. The van der Waals surface area contributed by atoms with E-state index in [0.717, 1.165) is 6.42 Å². The van der Waals surface area contributed by atoms with Crippen LogP contribution in [0.1, 0.15) is 71.1 Å². The molecule has 4 heterocycles. The van der Waals surface area contributed by atoms with Gasteiger partial charge in [-0.25, -0.2) is 0 Å². The summed E-state index contributed by atoms with van der Waals surface area (Å²) < 4.78 is 0. The molecule has 4 fully saturated rings. The first-order chi connectivity index (χ1) is 8.72. The highest BCUT2D eigenvalue weighted by atomic mass is 16.1. The van der Waals surface area contributed by atoms with Gasteiger partial charge in [0.05, 0.1) is 0 Å². The molecule has 4 aliphatic heterocycles. The Kier molecular flexibility index (Phi) is 2.29. The van der Waals surface area contributed by atoms with Crippen LogP contribution in [0.15, 0.2) is 0 Å². The van der Waals surface area contributed by atoms with E-state index in [4.69, 9.17) is 0 Å². The minimum atomic E-state index is 0.275. The summed E-state index contributed by atoms with van der Waals surface area (Å²) in [5.41, 5.74) is 0.783. The van der Waals surface area contributed by atoms with Crippen molar-refractivity contribution in [1.82, 2.24) is 4.90 Å². The van der Waals surface area contributed by atoms with E-state index in [1.54, 1.807) is 0 Å². The quantitative estimate of drug-likeness (QED) is 0.708. The molecule has 0 spiro atoms. The first-order valence-electron chi connectivity index (χ1n) is 8.04. The Morgan fingerprint density at radius 1 is 1.17 bits per heavy atom. The lowest BCUT2D eigenvalue weighted by Gasteiger charge is -2.70. The molecule has 4 rings (SSSR count). The highest BCUT2D eigenvalue weighted by molar-refractivity contribution is 5.84. The Balaban J connectivity index is 1.87. The summed E-state index contributed by atoms with van der Waals surface area (Å²) in [6, 6.07) is 0.600. The third kappa shape index (κ3) is 1.16. The van der Waals surface area contributed by atoms with Crippen LogP contribution in [0.25, 0.3) is 0 Å². The molecule has 4 aliphatic rings. The number of nitrogens with zero attached hydrogens (tertiary/aromatic N) is 1. The zero-order valence-corrected chi connectivity index (χ0v) is 11.6. The molecule has 4 saturated heterocycles. The molecule has 100 valence electrons. The number of hydrogen-bond donors (Lipinski definition) is 0. The molecule has 0 saturated carbocycles. The van der Waals surface area contributed by atoms with Crippen LogP contribution < -0.4 is 0 Å². The number of rotatable bonds is 1. The van der Waals surface area contributed by atoms with Gasteiger partial charge in [0, 0.05) is 29.5 Å². The topological polar surface area (TPSA) is 20.3 Å². The second kappa shape index (κ2) is 3.59. The van der Waals surface area contributed by atoms with Gasteiger partial charge in [0.25, 0.3) is 0 Å². The number of piperidine rings is 4. The van der Waals surface area contributed by atoms with E-state index in [0.29, 0.717) is 23.3 Å². The normalized spacial score (nSPS) is 51.3. The standard InChI is InChI=1S/C16H25NO/c1-2-16-9-4-8-15-7-3-5-12(17(15)16)11-14(18)13(16)6-10-15/h12-13H,2-11H2,1H3/t12-,13+,15?,16+/m0/s1. The summed E-state index contributed by atoms with van der Waals surface area (Å²) in [4.78, 5) is 15.5. The number of Topliss-reactive ketones (excluding diaryl/α,β-unsaturated/α-hetero) is 1. The number of hydrogen-bond acceptors (Lipinski definition) is 2. The summed E-state index contributed by atoms with van der Waals surface area (Å²) in [5.74, 6) is 0.987. The minimum absolute atomic E-state index is 0.275. The first-order valence-corrected chi connectivity index (χ1v) is 8.04. The van der Waals surface area contributed by atoms with Crippen molar-refractivity contribution in [3.05, 3.63) is 0 Å². The SMILES string of the molecule is CC[C@@]12CCCC34CCC[C@@H](CC(=O)[C@H]1CC3)N42. The number of carbonyl (C=O) groups excluding carboxylic acids is 1. The lowest BCUT2D eigenvalue weighted by atomic mass is 9.54. The molecular weight excluding hydrogens is 222 g/mol. The molecule has 0 aliphatic carbocycles. The van der Waals surface area contributed by atoms with Crippen molar-refractivity contribution in [2.45, 2.75) is 88.3 Å². The molecule has 4 atom stereocenters. The molecule has 2 nitrogen and oxygen atoms in total. The van der Waals surface area contributed by atoms with Gasteiger partial charge in [-0.15, -0.1) is 0 Å². The molecule has 0 radical (unpaired) electrons. The van der Waals surface area contributed by atoms with Gasteiger partial charge in [-0.05, 0) is 51.4 Å². The molecular formula is C16H25NO. The van der Waals surface area contributed by atoms with E-state index in [9.17, 15) is 4.79 Å². The second-order valence-corrected chi connectivity index (χ2v) is 7.21. The van der Waals surface area contributed by atoms with Crippen molar-refractivity contribution in [1.29, 1.82) is 0 Å². The molecule has 1 unspecified atom stereocenters. The van der Waals surface area contributed by atoms with Crippen molar-refractivity contribution < 1.29 is 4.79 Å². The van der Waals surface area contributed by atoms with Crippen molar-refractivity contribution in [3.63, 3.8) is 0 Å². The van der Waals surface area contributed by atoms with Crippen molar-refractivity contribution >= 4 is 5.78 Å². The molecule has 0 aromatic rings. The van der Waals surface area contributed by atoms with Crippen LogP contribution in [-0.4, -0.2) is 27.8 Å². The lowest BCUT2D eigenvalue weighted by Crippen LogP contribution is -2.76. The summed E-state index contributed by atoms with van der Waals surface area (Å²) in [6.07, 6.45) is 12.7. The smallest absolute Gasteiger partial charge is 0.139 e. The third-order valence-electron chi connectivity index (χ3n) is 6.77. The molecule has 18 heavy (non-hydrogen) atoms. The predicted molar refractivity (Wildman–Crippen MR) is 71.4 cm³/mol. The molecule has 4 bridgehead atoms. The average Bonchev–Trinajstić information content (AvgIpc) is 2.37. The van der Waals surface area contributed by atoms with Gasteiger partial charge in [0.15, 0.2) is 0 Å². The maximum atomic E-state index is 12.5. The first kappa shape index (κ1) is 11.5. The highest BCUT2D eigenvalue weighted by Gasteiger charge is 2.64. The second-order valence-electron chi connectivity index (χ2n) is 7.21. The van der Waals surface area contributed by atoms with E-state index < -0.39 is 0 Å². The Hall–Kier alpha value is -0.370.